The van der Waals surface area contributed by atoms with Crippen LogP contribution < -0.4 is 10.2 Å². The van der Waals surface area contributed by atoms with Crippen molar-refractivity contribution in [3.63, 3.8) is 0 Å². The quantitative estimate of drug-likeness (QED) is 0.695. The Morgan fingerprint density at radius 1 is 1.14 bits per heavy atom. The molecule has 3 fully saturated rings. The van der Waals surface area contributed by atoms with Crippen molar-refractivity contribution in [3.05, 3.63) is 59.4 Å². The number of benzene rings is 1. The molecule has 1 N–H and O–H groups in total. The number of piperidine rings is 1. The Bertz CT molecular complexity index is 1200. The maximum absolute atomic E-state index is 13.7. The van der Waals surface area contributed by atoms with E-state index in [0.29, 0.717) is 44.6 Å². The lowest BCUT2D eigenvalue weighted by molar-refractivity contribution is -0.137. The van der Waals surface area contributed by atoms with Crippen LogP contribution in [0.25, 0.3) is 0 Å². The van der Waals surface area contributed by atoms with Crippen LogP contribution in [0.3, 0.4) is 0 Å². The van der Waals surface area contributed by atoms with E-state index >= 15 is 0 Å². The molecule has 1 aliphatic carbocycles. The lowest BCUT2D eigenvalue weighted by atomic mass is 9.76. The molecule has 188 valence electrons. The first-order valence-electron chi connectivity index (χ1n) is 12.1. The van der Waals surface area contributed by atoms with Crippen molar-refractivity contribution in [2.24, 2.45) is 5.41 Å². The van der Waals surface area contributed by atoms with Crippen molar-refractivity contribution in [2.75, 3.05) is 24.5 Å². The van der Waals surface area contributed by atoms with Gasteiger partial charge in [0, 0.05) is 37.6 Å². The van der Waals surface area contributed by atoms with Crippen molar-refractivity contribution in [2.45, 2.75) is 50.4 Å². The molecule has 0 radical (unpaired) electrons. The molecule has 2 aromatic rings. The number of anilines is 1. The minimum atomic E-state index is -4.68. The van der Waals surface area contributed by atoms with E-state index in [4.69, 9.17) is 0 Å². The number of aromatic nitrogens is 1. The molecule has 1 aromatic heterocycles. The van der Waals surface area contributed by atoms with Gasteiger partial charge in [0.05, 0.1) is 17.2 Å². The Morgan fingerprint density at radius 2 is 1.89 bits per heavy atom. The fourth-order valence-corrected chi connectivity index (χ4v) is 5.33. The van der Waals surface area contributed by atoms with E-state index in [1.165, 1.54) is 12.1 Å². The van der Waals surface area contributed by atoms with Crippen molar-refractivity contribution in [3.8, 4) is 6.07 Å². The maximum Gasteiger partial charge on any atom is 0.417 e. The molecule has 1 atom stereocenters. The van der Waals surface area contributed by atoms with Gasteiger partial charge in [-0.2, -0.15) is 18.4 Å². The van der Waals surface area contributed by atoms with Crippen LogP contribution in [0, 0.1) is 16.7 Å². The summed E-state index contributed by atoms with van der Waals surface area (Å²) >= 11 is 0. The predicted octanol–water partition coefficient (Wildman–Crippen LogP) is 3.75. The number of hydrogen-bond acceptors (Lipinski definition) is 5. The molecule has 10 heteroatoms. The van der Waals surface area contributed by atoms with Gasteiger partial charge in [-0.15, -0.1) is 0 Å². The minimum Gasteiger partial charge on any atom is -0.359 e. The molecule has 1 spiro atoms. The van der Waals surface area contributed by atoms with Gasteiger partial charge in [0.15, 0.2) is 0 Å². The van der Waals surface area contributed by atoms with E-state index in [9.17, 15) is 28.0 Å². The van der Waals surface area contributed by atoms with E-state index in [2.05, 4.69) is 10.3 Å². The van der Waals surface area contributed by atoms with Crippen LogP contribution >= 0.6 is 0 Å². The molecule has 1 unspecified atom stereocenters. The largest absolute Gasteiger partial charge is 0.417 e. The fraction of sp³-hybridized carbons (Fsp3) is 0.462. The number of amides is 2. The summed E-state index contributed by atoms with van der Waals surface area (Å²) < 4.78 is 41.0. The van der Waals surface area contributed by atoms with E-state index in [1.54, 1.807) is 40.3 Å². The topological polar surface area (TPSA) is 89.3 Å². The highest BCUT2D eigenvalue weighted by Gasteiger charge is 2.49. The number of alkyl halides is 3. The average Bonchev–Trinajstić information content (AvgIpc) is 3.62. The van der Waals surface area contributed by atoms with Crippen molar-refractivity contribution in [1.29, 1.82) is 5.26 Å². The highest BCUT2D eigenvalue weighted by Crippen LogP contribution is 2.46. The zero-order valence-electron chi connectivity index (χ0n) is 19.6. The first-order chi connectivity index (χ1) is 17.2. The minimum absolute atomic E-state index is 0.125. The standard InChI is InChI=1S/C26H26F3N5O2/c27-26(28,29)20-13-19(7-4-17(20)15-30)34-16-25(14-22(34)23(35)32-18-5-6-18)8-11-33(12-9-25)24(36)21-3-1-2-10-31-21/h1-4,7,10,13,18,22H,5-6,8-9,11-12,14,16H2,(H,32,35). The Morgan fingerprint density at radius 3 is 2.50 bits per heavy atom. The van der Waals surface area contributed by atoms with Crippen LogP contribution in [-0.4, -0.2) is 53.4 Å². The average molecular weight is 498 g/mol. The molecule has 3 heterocycles. The number of halogens is 3. The molecule has 2 saturated heterocycles. The molecule has 2 aliphatic heterocycles. The summed E-state index contributed by atoms with van der Waals surface area (Å²) in [6.07, 6.45) is 0.477. The van der Waals surface area contributed by atoms with Gasteiger partial charge in [-0.3, -0.25) is 14.6 Å². The third-order valence-electron chi connectivity index (χ3n) is 7.49. The zero-order chi connectivity index (χ0) is 25.5. The lowest BCUT2D eigenvalue weighted by Crippen LogP contribution is -2.44. The fourth-order valence-electron chi connectivity index (χ4n) is 5.33. The smallest absolute Gasteiger partial charge is 0.359 e. The van der Waals surface area contributed by atoms with Crippen molar-refractivity contribution < 1.29 is 22.8 Å². The van der Waals surface area contributed by atoms with E-state index in [0.717, 1.165) is 18.9 Å². The summed E-state index contributed by atoms with van der Waals surface area (Å²) in [4.78, 5) is 33.6. The van der Waals surface area contributed by atoms with Gasteiger partial charge in [0.25, 0.3) is 5.91 Å². The number of hydrogen-bond donors (Lipinski definition) is 1. The zero-order valence-corrected chi connectivity index (χ0v) is 19.6. The summed E-state index contributed by atoms with van der Waals surface area (Å²) in [7, 11) is 0. The number of nitrogens with one attached hydrogen (secondary N) is 1. The molecular formula is C26H26F3N5O2. The van der Waals surface area contributed by atoms with Crippen LogP contribution in [0.4, 0.5) is 18.9 Å². The summed E-state index contributed by atoms with van der Waals surface area (Å²) in [5, 5.41) is 12.2. The number of pyridine rings is 1. The molecular weight excluding hydrogens is 471 g/mol. The molecule has 1 aromatic carbocycles. The van der Waals surface area contributed by atoms with Crippen LogP contribution in [0.1, 0.15) is 53.7 Å². The number of carbonyl (C=O) groups is 2. The van der Waals surface area contributed by atoms with Crippen LogP contribution in [0.2, 0.25) is 0 Å². The van der Waals surface area contributed by atoms with Crippen molar-refractivity contribution in [1.82, 2.24) is 15.2 Å². The Hall–Kier alpha value is -3.61. The second kappa shape index (κ2) is 9.12. The first kappa shape index (κ1) is 24.1. The van der Waals surface area contributed by atoms with Gasteiger partial charge in [0.1, 0.15) is 11.7 Å². The summed E-state index contributed by atoms with van der Waals surface area (Å²) in [5.74, 6) is -0.329. The SMILES string of the molecule is N#Cc1ccc(N2CC3(CCN(C(=O)c4ccccn4)CC3)CC2C(=O)NC2CC2)cc1C(F)(F)F. The highest BCUT2D eigenvalue weighted by atomic mass is 19.4. The van der Waals surface area contributed by atoms with Gasteiger partial charge in [-0.25, -0.2) is 0 Å². The number of nitrogens with zero attached hydrogens (tertiary/aromatic N) is 4. The molecule has 2 amide bonds. The second-order valence-corrected chi connectivity index (χ2v) is 9.98. The van der Waals surface area contributed by atoms with E-state index in [1.807, 2.05) is 0 Å². The van der Waals surface area contributed by atoms with E-state index in [-0.39, 0.29) is 29.0 Å². The van der Waals surface area contributed by atoms with Crippen LogP contribution in [-0.2, 0) is 11.0 Å². The number of carbonyl (C=O) groups excluding carboxylic acids is 2. The Balaban J connectivity index is 1.39. The maximum atomic E-state index is 13.7. The molecule has 7 nitrogen and oxygen atoms in total. The monoisotopic (exact) mass is 497 g/mol. The molecule has 1 saturated carbocycles. The normalized spacial score (nSPS) is 21.3. The molecule has 3 aliphatic rings. The van der Waals surface area contributed by atoms with Crippen LogP contribution in [0.15, 0.2) is 42.6 Å². The predicted molar refractivity (Wildman–Crippen MR) is 125 cm³/mol. The summed E-state index contributed by atoms with van der Waals surface area (Å²) in [6, 6.07) is 9.95. The van der Waals surface area contributed by atoms with Gasteiger partial charge in [0.2, 0.25) is 5.91 Å². The van der Waals surface area contributed by atoms with Crippen molar-refractivity contribution >= 4 is 17.5 Å². The van der Waals surface area contributed by atoms with Gasteiger partial charge in [-0.1, -0.05) is 6.07 Å². The molecule has 0 bridgehead atoms. The third-order valence-corrected chi connectivity index (χ3v) is 7.49. The van der Waals surface area contributed by atoms with Gasteiger partial charge >= 0.3 is 6.18 Å². The second-order valence-electron chi connectivity index (χ2n) is 9.98. The Labute approximate surface area is 206 Å². The Kier molecular flexibility index (Phi) is 6.10. The number of nitriles is 1. The van der Waals surface area contributed by atoms with E-state index < -0.39 is 23.3 Å². The first-order valence-corrected chi connectivity index (χ1v) is 12.1. The van der Waals surface area contributed by atoms with Gasteiger partial charge in [-0.05, 0) is 67.9 Å². The van der Waals surface area contributed by atoms with Gasteiger partial charge < -0.3 is 15.1 Å². The lowest BCUT2D eigenvalue weighted by Gasteiger charge is -2.39. The summed E-state index contributed by atoms with van der Waals surface area (Å²) in [5.41, 5.74) is -1.10. The molecule has 36 heavy (non-hydrogen) atoms. The number of likely N-dealkylation sites (tertiary alicyclic amines) is 1. The molecule has 5 rings (SSSR count). The number of rotatable bonds is 4. The third kappa shape index (κ3) is 4.74. The van der Waals surface area contributed by atoms with Crippen LogP contribution in [0.5, 0.6) is 0 Å². The summed E-state index contributed by atoms with van der Waals surface area (Å²) in [6.45, 7) is 1.38. The highest BCUT2D eigenvalue weighted by molar-refractivity contribution is 5.92.